The van der Waals surface area contributed by atoms with E-state index in [1.54, 1.807) is 22.6 Å². The Morgan fingerprint density at radius 3 is 2.76 bits per heavy atom. The maximum atomic E-state index is 14.0. The molecule has 2 aromatic carbocycles. The van der Waals surface area contributed by atoms with E-state index in [0.717, 1.165) is 64.7 Å². The number of benzene rings is 2. The maximum absolute atomic E-state index is 14.0. The van der Waals surface area contributed by atoms with Crippen LogP contribution in [0.15, 0.2) is 53.6 Å². The molecule has 0 bridgehead atoms. The van der Waals surface area contributed by atoms with Crippen molar-refractivity contribution >= 4 is 32.8 Å². The Balaban J connectivity index is 1.40. The summed E-state index contributed by atoms with van der Waals surface area (Å²) in [6, 6.07) is 13.2. The molecule has 4 aromatic rings. The minimum absolute atomic E-state index is 0.0545. The van der Waals surface area contributed by atoms with Crippen molar-refractivity contribution in [2.45, 2.75) is 76.4 Å². The predicted molar refractivity (Wildman–Crippen MR) is 160 cm³/mol. The Bertz CT molecular complexity index is 1770. The van der Waals surface area contributed by atoms with E-state index >= 15 is 0 Å². The van der Waals surface area contributed by atoms with Crippen molar-refractivity contribution < 1.29 is 18.3 Å². The summed E-state index contributed by atoms with van der Waals surface area (Å²) in [6.07, 6.45) is 4.53. The van der Waals surface area contributed by atoms with E-state index in [9.17, 15) is 18.3 Å². The van der Waals surface area contributed by atoms with E-state index in [-0.39, 0.29) is 23.9 Å². The third-order valence-electron chi connectivity index (χ3n) is 8.84. The molecule has 2 aromatic heterocycles. The molecular weight excluding hydrogens is 552 g/mol. The second-order valence-corrected chi connectivity index (χ2v) is 13.3. The Hall–Kier alpha value is -3.83. The molecule has 2 aliphatic rings. The number of carboxylic acid groups (broad SMARTS) is 1. The average Bonchev–Trinajstić information content (AvgIpc) is 3.38. The summed E-state index contributed by atoms with van der Waals surface area (Å²) in [5.41, 5.74) is 6.10. The molecule has 42 heavy (non-hydrogen) atoms. The topological polar surface area (TPSA) is 122 Å². The van der Waals surface area contributed by atoms with Crippen LogP contribution in [0.4, 0.5) is 5.82 Å². The van der Waals surface area contributed by atoms with Gasteiger partial charge in [0.25, 0.3) is 0 Å². The Morgan fingerprint density at radius 2 is 1.98 bits per heavy atom. The van der Waals surface area contributed by atoms with E-state index in [4.69, 9.17) is 0 Å². The molecule has 4 heterocycles. The van der Waals surface area contributed by atoms with Crippen molar-refractivity contribution in [1.29, 1.82) is 0 Å². The molecule has 0 unspecified atom stereocenters. The first kappa shape index (κ1) is 28.3. The fourth-order valence-electron chi connectivity index (χ4n) is 6.53. The quantitative estimate of drug-likeness (QED) is 0.332. The number of nitrogens with zero attached hydrogens (tertiary/aromatic N) is 6. The summed E-state index contributed by atoms with van der Waals surface area (Å²) in [6.45, 7) is 7.99. The minimum Gasteiger partial charge on any atom is -0.481 e. The number of carboxylic acids is 1. The highest BCUT2D eigenvalue weighted by Crippen LogP contribution is 2.37. The van der Waals surface area contributed by atoms with Gasteiger partial charge >= 0.3 is 5.97 Å². The van der Waals surface area contributed by atoms with Crippen molar-refractivity contribution in [3.63, 3.8) is 0 Å². The maximum Gasteiger partial charge on any atom is 0.304 e. The lowest BCUT2D eigenvalue weighted by molar-refractivity contribution is -0.137. The SMILES string of the molecule is CCn1nnc2c(C)c([C@@H](CC(=O)O)c3ccc(C)c(CN4C[C@H]5CCCCN5c5ncccc5S4(=O)=O)c3)ccc21. The van der Waals surface area contributed by atoms with Gasteiger partial charge in [-0.25, -0.2) is 18.1 Å². The number of anilines is 1. The molecule has 0 radical (unpaired) electrons. The lowest BCUT2D eigenvalue weighted by Crippen LogP contribution is -2.45. The van der Waals surface area contributed by atoms with Crippen LogP contribution in [0.5, 0.6) is 0 Å². The highest BCUT2D eigenvalue weighted by atomic mass is 32.2. The van der Waals surface area contributed by atoms with Gasteiger partial charge in [-0.2, -0.15) is 4.31 Å². The van der Waals surface area contributed by atoms with E-state index in [1.165, 1.54) is 0 Å². The lowest BCUT2D eigenvalue weighted by atomic mass is 9.84. The number of fused-ring (bicyclic) bond motifs is 4. The predicted octanol–water partition coefficient (Wildman–Crippen LogP) is 4.63. The van der Waals surface area contributed by atoms with Crippen molar-refractivity contribution in [2.24, 2.45) is 0 Å². The van der Waals surface area contributed by atoms with Gasteiger partial charge in [0.15, 0.2) is 0 Å². The number of aromatic nitrogens is 4. The van der Waals surface area contributed by atoms with Crippen LogP contribution in [-0.2, 0) is 27.9 Å². The number of sulfonamides is 1. The van der Waals surface area contributed by atoms with Crippen LogP contribution in [-0.4, -0.2) is 62.9 Å². The lowest BCUT2D eigenvalue weighted by Gasteiger charge is -2.36. The second kappa shape index (κ2) is 11.1. The molecule has 0 spiro atoms. The van der Waals surface area contributed by atoms with Crippen molar-refractivity contribution in [3.05, 3.63) is 76.5 Å². The number of aryl methyl sites for hydroxylation is 3. The third-order valence-corrected chi connectivity index (χ3v) is 10.7. The van der Waals surface area contributed by atoms with Gasteiger partial charge in [0.1, 0.15) is 16.2 Å². The van der Waals surface area contributed by atoms with Crippen LogP contribution in [0.2, 0.25) is 0 Å². The molecule has 0 amide bonds. The van der Waals surface area contributed by atoms with E-state index < -0.39 is 21.9 Å². The number of hydrogen-bond acceptors (Lipinski definition) is 7. The molecule has 1 saturated heterocycles. The number of pyridine rings is 1. The molecular formula is C31H36N6O4S. The summed E-state index contributed by atoms with van der Waals surface area (Å²) < 4.78 is 31.5. The van der Waals surface area contributed by atoms with Gasteiger partial charge in [-0.05, 0) is 86.1 Å². The van der Waals surface area contributed by atoms with Gasteiger partial charge in [-0.3, -0.25) is 4.79 Å². The first-order chi connectivity index (χ1) is 20.2. The van der Waals surface area contributed by atoms with Crippen molar-refractivity contribution in [3.8, 4) is 0 Å². The number of hydrogen-bond donors (Lipinski definition) is 1. The zero-order valence-corrected chi connectivity index (χ0v) is 25.0. The van der Waals surface area contributed by atoms with Crippen LogP contribution >= 0.6 is 0 Å². The molecule has 1 fully saturated rings. The Labute approximate surface area is 246 Å². The van der Waals surface area contributed by atoms with Gasteiger partial charge in [-0.1, -0.05) is 29.5 Å². The molecule has 0 aliphatic carbocycles. The van der Waals surface area contributed by atoms with E-state index in [0.29, 0.717) is 18.9 Å². The van der Waals surface area contributed by atoms with Crippen LogP contribution in [0.1, 0.15) is 66.3 Å². The minimum atomic E-state index is -3.81. The third kappa shape index (κ3) is 4.94. The van der Waals surface area contributed by atoms with Crippen molar-refractivity contribution in [1.82, 2.24) is 24.3 Å². The summed E-state index contributed by atoms with van der Waals surface area (Å²) in [4.78, 5) is 19.0. The Morgan fingerprint density at radius 1 is 1.14 bits per heavy atom. The largest absolute Gasteiger partial charge is 0.481 e. The molecule has 0 saturated carbocycles. The van der Waals surface area contributed by atoms with E-state index in [1.807, 2.05) is 55.8 Å². The summed E-state index contributed by atoms with van der Waals surface area (Å²) in [7, 11) is -3.81. The zero-order valence-electron chi connectivity index (χ0n) is 24.2. The first-order valence-corrected chi connectivity index (χ1v) is 16.0. The Kier molecular flexibility index (Phi) is 7.48. The van der Waals surface area contributed by atoms with Crippen LogP contribution in [0, 0.1) is 13.8 Å². The van der Waals surface area contributed by atoms with Gasteiger partial charge in [-0.15, -0.1) is 5.10 Å². The molecule has 10 nitrogen and oxygen atoms in total. The second-order valence-electron chi connectivity index (χ2n) is 11.4. The van der Waals surface area contributed by atoms with Crippen molar-refractivity contribution in [2.75, 3.05) is 18.0 Å². The highest BCUT2D eigenvalue weighted by molar-refractivity contribution is 7.89. The average molecular weight is 589 g/mol. The smallest absolute Gasteiger partial charge is 0.304 e. The summed E-state index contributed by atoms with van der Waals surface area (Å²) in [5.74, 6) is -0.796. The zero-order chi connectivity index (χ0) is 29.6. The molecule has 2 atom stereocenters. The summed E-state index contributed by atoms with van der Waals surface area (Å²) in [5, 5.41) is 18.5. The van der Waals surface area contributed by atoms with Gasteiger partial charge < -0.3 is 10.0 Å². The summed E-state index contributed by atoms with van der Waals surface area (Å²) >= 11 is 0. The van der Waals surface area contributed by atoms with Gasteiger partial charge in [0.2, 0.25) is 10.0 Å². The fourth-order valence-corrected chi connectivity index (χ4v) is 8.14. The molecule has 1 N–H and O–H groups in total. The first-order valence-electron chi connectivity index (χ1n) is 14.5. The highest BCUT2D eigenvalue weighted by Gasteiger charge is 2.39. The number of piperidine rings is 1. The molecule has 220 valence electrons. The van der Waals surface area contributed by atoms with Crippen LogP contribution < -0.4 is 4.90 Å². The van der Waals surface area contributed by atoms with Gasteiger partial charge in [0, 0.05) is 44.3 Å². The number of carbonyl (C=O) groups is 1. The molecule has 6 rings (SSSR count). The van der Waals surface area contributed by atoms with Gasteiger partial charge in [0.05, 0.1) is 11.9 Å². The number of rotatable bonds is 7. The monoisotopic (exact) mass is 588 g/mol. The number of aliphatic carboxylic acids is 1. The van der Waals surface area contributed by atoms with E-state index in [2.05, 4.69) is 20.2 Å². The fraction of sp³-hybridized carbons (Fsp3) is 0.419. The molecule has 2 aliphatic heterocycles. The van der Waals surface area contributed by atoms with Crippen LogP contribution in [0.25, 0.3) is 11.0 Å². The standard InChI is InChI=1S/C31H36N6O4S/c1-4-37-27-13-12-25(21(3)30(27)33-34-37)26(17-29(38)39)22-11-10-20(2)23(16-22)18-35-19-24-8-5-6-15-36(24)31-28(42(35,40)41)9-7-14-32-31/h7,9-14,16,24,26H,4-6,8,15,17-19H2,1-3H3,(H,38,39)/t24-,26+/m1/s1. The van der Waals surface area contributed by atoms with Crippen LogP contribution in [0.3, 0.4) is 0 Å². The molecule has 11 heteroatoms. The normalized spacial score (nSPS) is 19.2.